The van der Waals surface area contributed by atoms with E-state index in [9.17, 15) is 5.11 Å². The van der Waals surface area contributed by atoms with Crippen LogP contribution in [0.15, 0.2) is 0 Å². The zero-order chi connectivity index (χ0) is 22.5. The minimum absolute atomic E-state index is 0.466. The summed E-state index contributed by atoms with van der Waals surface area (Å²) < 4.78 is 5.65. The Morgan fingerprint density at radius 2 is 1.91 bits per heavy atom. The summed E-state index contributed by atoms with van der Waals surface area (Å²) in [5.74, 6) is 6.33. The molecule has 0 amide bonds. The van der Waals surface area contributed by atoms with Gasteiger partial charge in [0.2, 0.25) is 0 Å². The summed E-state index contributed by atoms with van der Waals surface area (Å²) in [7, 11) is 0. The van der Waals surface area contributed by atoms with E-state index in [4.69, 9.17) is 4.74 Å². The van der Waals surface area contributed by atoms with Crippen molar-refractivity contribution in [3.8, 4) is 0 Å². The van der Waals surface area contributed by atoms with Crippen LogP contribution >= 0.6 is 0 Å². The van der Waals surface area contributed by atoms with E-state index in [0.717, 1.165) is 54.8 Å². The van der Waals surface area contributed by atoms with E-state index in [1.165, 1.54) is 44.9 Å². The van der Waals surface area contributed by atoms with Gasteiger partial charge in [0.1, 0.15) is 0 Å². The van der Waals surface area contributed by atoms with Crippen molar-refractivity contribution in [3.05, 3.63) is 5.82 Å². The van der Waals surface area contributed by atoms with E-state index in [-0.39, 0.29) is 0 Å². The van der Waals surface area contributed by atoms with E-state index in [2.05, 4.69) is 29.3 Å². The van der Waals surface area contributed by atoms with Crippen molar-refractivity contribution in [2.75, 3.05) is 13.2 Å². The molecule has 32 heavy (non-hydrogen) atoms. The molecule has 0 aliphatic heterocycles. The molecule has 1 aromatic rings. The fraction of sp³-hybridized carbons (Fsp3) is 0.962. The number of aryl methyl sites for hydroxylation is 1. The predicted octanol–water partition coefficient (Wildman–Crippen LogP) is 4.65. The maximum Gasteiger partial charge on any atom is 0.171 e. The molecular weight excluding hydrogens is 400 g/mol. The Hall–Kier alpha value is -1.01. The number of hydrogen-bond acceptors (Lipinski definition) is 5. The van der Waals surface area contributed by atoms with Crippen LogP contribution in [0, 0.1) is 53.8 Å². The highest BCUT2D eigenvalue weighted by molar-refractivity contribution is 5.07. The van der Waals surface area contributed by atoms with Crippen molar-refractivity contribution in [2.45, 2.75) is 97.6 Å². The molecule has 0 saturated heterocycles. The van der Waals surface area contributed by atoms with Crippen LogP contribution in [0.3, 0.4) is 0 Å². The summed E-state index contributed by atoms with van der Waals surface area (Å²) in [5.41, 5.74) is -0.109. The van der Waals surface area contributed by atoms with E-state index in [1.807, 2.05) is 18.6 Å². The lowest BCUT2D eigenvalue weighted by Gasteiger charge is -2.57. The van der Waals surface area contributed by atoms with Gasteiger partial charge in [0.15, 0.2) is 5.82 Å². The molecule has 0 bridgehead atoms. The van der Waals surface area contributed by atoms with Crippen LogP contribution in [0.25, 0.3) is 0 Å². The Kier molecular flexibility index (Phi) is 6.15. The zero-order valence-corrected chi connectivity index (χ0v) is 20.7. The van der Waals surface area contributed by atoms with Gasteiger partial charge < -0.3 is 9.84 Å². The highest BCUT2D eigenvalue weighted by atomic mass is 16.5. The lowest BCUT2D eigenvalue weighted by molar-refractivity contribution is -0.129. The molecule has 4 fully saturated rings. The maximum absolute atomic E-state index is 11.1. The lowest BCUT2D eigenvalue weighted by atomic mass is 9.48. The minimum Gasteiger partial charge on any atom is -0.387 e. The molecule has 1 unspecified atom stereocenters. The molecule has 1 heterocycles. The number of tetrazole rings is 1. The van der Waals surface area contributed by atoms with Gasteiger partial charge in [-0.3, -0.25) is 0 Å². The fourth-order valence-corrected chi connectivity index (χ4v) is 9.15. The molecule has 0 spiro atoms. The maximum atomic E-state index is 11.1. The van der Waals surface area contributed by atoms with Crippen molar-refractivity contribution in [2.24, 2.45) is 46.8 Å². The minimum atomic E-state index is -0.575. The summed E-state index contributed by atoms with van der Waals surface area (Å²) in [5, 5.41) is 23.9. The third-order valence-electron chi connectivity index (χ3n) is 10.4. The van der Waals surface area contributed by atoms with Crippen LogP contribution in [0.4, 0.5) is 0 Å². The second kappa shape index (κ2) is 8.65. The third-order valence-corrected chi connectivity index (χ3v) is 10.4. The monoisotopic (exact) mass is 444 g/mol. The quantitative estimate of drug-likeness (QED) is 0.691. The number of rotatable bonds is 6. The molecular formula is C26H44N4O2. The van der Waals surface area contributed by atoms with Gasteiger partial charge in [-0.1, -0.05) is 13.8 Å². The summed E-state index contributed by atoms with van der Waals surface area (Å²) in [6.45, 7) is 11.1. The summed E-state index contributed by atoms with van der Waals surface area (Å²) >= 11 is 0. The van der Waals surface area contributed by atoms with Gasteiger partial charge in [-0.25, -0.2) is 0 Å². The van der Waals surface area contributed by atoms with Crippen molar-refractivity contribution < 1.29 is 9.84 Å². The van der Waals surface area contributed by atoms with Gasteiger partial charge in [-0.15, -0.1) is 10.2 Å². The molecule has 6 heteroatoms. The summed E-state index contributed by atoms with van der Waals surface area (Å²) in [4.78, 5) is 1.82. The average molecular weight is 445 g/mol. The Bertz CT molecular complexity index is 799. The molecule has 0 radical (unpaired) electrons. The first-order chi connectivity index (χ1) is 15.3. The number of fused-ring (bicyclic) bond motifs is 5. The van der Waals surface area contributed by atoms with Crippen LogP contribution in [0.5, 0.6) is 0 Å². The van der Waals surface area contributed by atoms with E-state index in [0.29, 0.717) is 30.5 Å². The van der Waals surface area contributed by atoms with Gasteiger partial charge in [0, 0.05) is 6.61 Å². The van der Waals surface area contributed by atoms with Crippen molar-refractivity contribution >= 4 is 0 Å². The molecule has 4 aliphatic carbocycles. The molecule has 1 aromatic heterocycles. The Balaban J connectivity index is 1.26. The first kappa shape index (κ1) is 22.8. The van der Waals surface area contributed by atoms with Crippen molar-refractivity contribution in [1.29, 1.82) is 0 Å². The van der Waals surface area contributed by atoms with Gasteiger partial charge >= 0.3 is 0 Å². The summed E-state index contributed by atoms with van der Waals surface area (Å²) in [6.07, 6.45) is 11.3. The average Bonchev–Trinajstić information content (AvgIpc) is 3.34. The second-order valence-corrected chi connectivity index (χ2v) is 12.1. The zero-order valence-electron chi connectivity index (χ0n) is 20.7. The molecule has 9 atom stereocenters. The fourth-order valence-electron chi connectivity index (χ4n) is 9.15. The van der Waals surface area contributed by atoms with Crippen LogP contribution in [0.2, 0.25) is 0 Å². The molecule has 5 rings (SSSR count). The molecule has 4 aliphatic rings. The van der Waals surface area contributed by atoms with Gasteiger partial charge in [-0.05, 0) is 124 Å². The molecule has 180 valence electrons. The Morgan fingerprint density at radius 3 is 2.66 bits per heavy atom. The van der Waals surface area contributed by atoms with Crippen molar-refractivity contribution in [1.82, 2.24) is 20.2 Å². The molecule has 1 N–H and O–H groups in total. The van der Waals surface area contributed by atoms with Crippen LogP contribution < -0.4 is 0 Å². The highest BCUT2D eigenvalue weighted by Gasteiger charge is 2.58. The first-order valence-electron chi connectivity index (χ1n) is 13.4. The highest BCUT2D eigenvalue weighted by Crippen LogP contribution is 2.65. The second-order valence-electron chi connectivity index (χ2n) is 12.1. The lowest BCUT2D eigenvalue weighted by Crippen LogP contribution is -2.52. The first-order valence-corrected chi connectivity index (χ1v) is 13.4. The van der Waals surface area contributed by atoms with Gasteiger partial charge in [0.25, 0.3) is 0 Å². The number of nitrogens with zero attached hydrogens (tertiary/aromatic N) is 4. The largest absolute Gasteiger partial charge is 0.387 e. The number of ether oxygens (including phenoxy) is 1. The Labute approximate surface area is 193 Å². The normalized spacial score (nSPS) is 44.5. The van der Waals surface area contributed by atoms with E-state index in [1.54, 1.807) is 0 Å². The molecule has 0 aromatic carbocycles. The topological polar surface area (TPSA) is 73.1 Å². The third kappa shape index (κ3) is 3.93. The summed E-state index contributed by atoms with van der Waals surface area (Å²) in [6, 6.07) is 0. The standard InChI is InChI=1S/C26H44N4O2/c1-5-32-16-26(31)13-11-20-19(14-26)6-7-22-21(20)10-12-25(4)23(8-9-24(22)25)17(2)15-30-28-18(3)27-29-30/h17,19-24,31H,5-16H2,1-4H3/t17?,19-,20+,21-,22-,23-,24+,25-,26-/m1/s1. The van der Waals surface area contributed by atoms with E-state index >= 15 is 0 Å². The SMILES string of the molecule is CCOC[C@@]1(O)CC[C@H]2[C@H](CC[C@@H]3[C@@H]2CC[C@]2(C)[C@@H](C(C)Cn4nnc(C)n4)CC[C@@H]32)C1. The van der Waals surface area contributed by atoms with Crippen LogP contribution in [-0.2, 0) is 11.3 Å². The van der Waals surface area contributed by atoms with Crippen LogP contribution in [-0.4, -0.2) is 44.1 Å². The van der Waals surface area contributed by atoms with Crippen LogP contribution in [0.1, 0.15) is 84.4 Å². The smallest absolute Gasteiger partial charge is 0.171 e. The Morgan fingerprint density at radius 1 is 1.09 bits per heavy atom. The molecule has 4 saturated carbocycles. The van der Waals surface area contributed by atoms with Gasteiger partial charge in [-0.2, -0.15) is 4.80 Å². The van der Waals surface area contributed by atoms with Gasteiger partial charge in [0.05, 0.1) is 18.8 Å². The van der Waals surface area contributed by atoms with Crippen molar-refractivity contribution in [3.63, 3.8) is 0 Å². The number of aromatic nitrogens is 4. The number of hydrogen-bond donors (Lipinski definition) is 1. The number of aliphatic hydroxyl groups is 1. The predicted molar refractivity (Wildman–Crippen MR) is 124 cm³/mol. The van der Waals surface area contributed by atoms with E-state index < -0.39 is 5.60 Å². The molecule has 6 nitrogen and oxygen atoms in total.